The van der Waals surface area contributed by atoms with Crippen LogP contribution in [0.3, 0.4) is 0 Å². The lowest BCUT2D eigenvalue weighted by atomic mass is 10.1. The summed E-state index contributed by atoms with van der Waals surface area (Å²) in [6, 6.07) is 6.45. The van der Waals surface area contributed by atoms with Gasteiger partial charge in [-0.05, 0) is 18.6 Å². The van der Waals surface area contributed by atoms with Gasteiger partial charge in [-0.3, -0.25) is 4.79 Å². The molecule has 1 amide bonds. The average molecular weight is 263 g/mol. The fourth-order valence-corrected chi connectivity index (χ4v) is 1.88. The third-order valence-electron chi connectivity index (χ3n) is 2.94. The van der Waals surface area contributed by atoms with Crippen LogP contribution < -0.4 is 5.32 Å². The van der Waals surface area contributed by atoms with Crippen molar-refractivity contribution in [2.24, 2.45) is 0 Å². The van der Waals surface area contributed by atoms with Gasteiger partial charge in [0.1, 0.15) is 0 Å². The van der Waals surface area contributed by atoms with Crippen molar-refractivity contribution in [3.63, 3.8) is 0 Å². The highest BCUT2D eigenvalue weighted by molar-refractivity contribution is 6.00. The predicted octanol–water partition coefficient (Wildman–Crippen LogP) is 3.68. The maximum atomic E-state index is 11.7. The Morgan fingerprint density at radius 3 is 2.47 bits per heavy atom. The number of unbranched alkanes of at least 4 members (excludes halogenated alkanes) is 4. The molecule has 0 aliphatic heterocycles. The number of rotatable bonds is 8. The van der Waals surface area contributed by atoms with Crippen molar-refractivity contribution >= 4 is 17.6 Å². The van der Waals surface area contributed by atoms with Crippen molar-refractivity contribution < 1.29 is 14.7 Å². The second-order valence-corrected chi connectivity index (χ2v) is 4.56. The van der Waals surface area contributed by atoms with Gasteiger partial charge in [0.2, 0.25) is 5.91 Å². The van der Waals surface area contributed by atoms with Crippen molar-refractivity contribution in [1.82, 2.24) is 0 Å². The minimum atomic E-state index is -1.03. The van der Waals surface area contributed by atoms with E-state index in [1.54, 1.807) is 18.2 Å². The van der Waals surface area contributed by atoms with Gasteiger partial charge in [0.25, 0.3) is 0 Å². The molecule has 0 fully saturated rings. The number of para-hydroxylation sites is 1. The van der Waals surface area contributed by atoms with Crippen LogP contribution in [0, 0.1) is 0 Å². The van der Waals surface area contributed by atoms with Crippen molar-refractivity contribution in [1.29, 1.82) is 0 Å². The maximum absolute atomic E-state index is 11.7. The predicted molar refractivity (Wildman–Crippen MR) is 75.4 cm³/mol. The first kappa shape index (κ1) is 15.2. The van der Waals surface area contributed by atoms with Crippen LogP contribution in [0.15, 0.2) is 24.3 Å². The van der Waals surface area contributed by atoms with Crippen molar-refractivity contribution in [3.8, 4) is 0 Å². The third-order valence-corrected chi connectivity index (χ3v) is 2.94. The maximum Gasteiger partial charge on any atom is 0.337 e. The standard InChI is InChI=1S/C15H21NO3/c1-2-3-4-5-6-11-14(17)16-13-10-8-7-9-12(13)15(18)19/h7-10H,2-6,11H2,1H3,(H,16,17)(H,18,19). The molecule has 0 heterocycles. The Kier molecular flexibility index (Phi) is 6.64. The number of hydrogen-bond donors (Lipinski definition) is 2. The van der Waals surface area contributed by atoms with Crippen molar-refractivity contribution in [3.05, 3.63) is 29.8 Å². The Labute approximate surface area is 113 Å². The van der Waals surface area contributed by atoms with E-state index in [1.165, 1.54) is 18.9 Å². The smallest absolute Gasteiger partial charge is 0.337 e. The van der Waals surface area contributed by atoms with E-state index in [-0.39, 0.29) is 11.5 Å². The Bertz CT molecular complexity index is 429. The lowest BCUT2D eigenvalue weighted by Gasteiger charge is -2.08. The van der Waals surface area contributed by atoms with Crippen LogP contribution in [-0.4, -0.2) is 17.0 Å². The van der Waals surface area contributed by atoms with Gasteiger partial charge in [-0.2, -0.15) is 0 Å². The number of carbonyl (C=O) groups excluding carboxylic acids is 1. The zero-order chi connectivity index (χ0) is 14.1. The summed E-state index contributed by atoms with van der Waals surface area (Å²) in [5.41, 5.74) is 0.496. The number of carboxylic acid groups (broad SMARTS) is 1. The van der Waals surface area contributed by atoms with Crippen LogP contribution in [0.4, 0.5) is 5.69 Å². The van der Waals surface area contributed by atoms with Gasteiger partial charge in [-0.15, -0.1) is 0 Å². The van der Waals surface area contributed by atoms with Gasteiger partial charge < -0.3 is 10.4 Å². The number of aromatic carboxylic acids is 1. The molecule has 0 unspecified atom stereocenters. The minimum Gasteiger partial charge on any atom is -0.478 e. The fraction of sp³-hybridized carbons (Fsp3) is 0.467. The average Bonchev–Trinajstić information content (AvgIpc) is 2.39. The van der Waals surface area contributed by atoms with Gasteiger partial charge in [0, 0.05) is 6.42 Å². The molecule has 0 spiro atoms. The fourth-order valence-electron chi connectivity index (χ4n) is 1.88. The van der Waals surface area contributed by atoms with Crippen LogP contribution in [0.5, 0.6) is 0 Å². The highest BCUT2D eigenvalue weighted by Crippen LogP contribution is 2.15. The van der Waals surface area contributed by atoms with Crippen LogP contribution in [0.25, 0.3) is 0 Å². The van der Waals surface area contributed by atoms with Gasteiger partial charge in [0.15, 0.2) is 0 Å². The topological polar surface area (TPSA) is 66.4 Å². The molecule has 1 aromatic carbocycles. The number of benzene rings is 1. The summed E-state index contributed by atoms with van der Waals surface area (Å²) < 4.78 is 0. The third kappa shape index (κ3) is 5.55. The minimum absolute atomic E-state index is 0.120. The van der Waals surface area contributed by atoms with Gasteiger partial charge in [0.05, 0.1) is 11.3 Å². The summed E-state index contributed by atoms with van der Waals surface area (Å²) in [5, 5.41) is 11.7. The molecule has 4 nitrogen and oxygen atoms in total. The molecule has 1 rings (SSSR count). The Balaban J connectivity index is 2.42. The van der Waals surface area contributed by atoms with Gasteiger partial charge >= 0.3 is 5.97 Å². The lowest BCUT2D eigenvalue weighted by molar-refractivity contribution is -0.116. The van der Waals surface area contributed by atoms with Gasteiger partial charge in [-0.1, -0.05) is 44.7 Å². The molecule has 104 valence electrons. The summed E-state index contributed by atoms with van der Waals surface area (Å²) in [4.78, 5) is 22.7. The summed E-state index contributed by atoms with van der Waals surface area (Å²) >= 11 is 0. The first-order chi connectivity index (χ1) is 9.15. The van der Waals surface area contributed by atoms with E-state index < -0.39 is 5.97 Å². The normalized spacial score (nSPS) is 10.2. The number of anilines is 1. The molecule has 0 saturated carbocycles. The molecule has 4 heteroatoms. The van der Waals surface area contributed by atoms with E-state index in [2.05, 4.69) is 12.2 Å². The molecule has 0 aromatic heterocycles. The van der Waals surface area contributed by atoms with Crippen molar-refractivity contribution in [2.75, 3.05) is 5.32 Å². The van der Waals surface area contributed by atoms with E-state index in [0.29, 0.717) is 12.1 Å². The highest BCUT2D eigenvalue weighted by atomic mass is 16.4. The summed E-state index contributed by atoms with van der Waals surface area (Å²) in [7, 11) is 0. The SMILES string of the molecule is CCCCCCCC(=O)Nc1ccccc1C(=O)O. The molecule has 0 aliphatic carbocycles. The number of nitrogens with one attached hydrogen (secondary N) is 1. The Morgan fingerprint density at radius 1 is 1.11 bits per heavy atom. The zero-order valence-electron chi connectivity index (χ0n) is 11.3. The number of hydrogen-bond acceptors (Lipinski definition) is 2. The number of carboxylic acids is 1. The summed E-state index contributed by atoms with van der Waals surface area (Å²) in [6.45, 7) is 2.15. The lowest BCUT2D eigenvalue weighted by Crippen LogP contribution is -2.14. The molecule has 0 bridgehead atoms. The first-order valence-electron chi connectivity index (χ1n) is 6.77. The zero-order valence-corrected chi connectivity index (χ0v) is 11.3. The van der Waals surface area contributed by atoms with E-state index in [4.69, 9.17) is 5.11 Å². The quantitative estimate of drug-likeness (QED) is 0.703. The van der Waals surface area contributed by atoms with Crippen LogP contribution in [0.2, 0.25) is 0 Å². The summed E-state index contributed by atoms with van der Waals surface area (Å²) in [5.74, 6) is -1.15. The second kappa shape index (κ2) is 8.29. The molecule has 19 heavy (non-hydrogen) atoms. The monoisotopic (exact) mass is 263 g/mol. The molecular formula is C15H21NO3. The number of carbonyl (C=O) groups is 2. The largest absolute Gasteiger partial charge is 0.478 e. The van der Waals surface area contributed by atoms with Crippen LogP contribution >= 0.6 is 0 Å². The number of amides is 1. The first-order valence-corrected chi connectivity index (χ1v) is 6.77. The van der Waals surface area contributed by atoms with Crippen LogP contribution in [0.1, 0.15) is 55.8 Å². The molecule has 0 saturated heterocycles. The van der Waals surface area contributed by atoms with E-state index in [1.807, 2.05) is 0 Å². The van der Waals surface area contributed by atoms with Crippen LogP contribution in [-0.2, 0) is 4.79 Å². The summed E-state index contributed by atoms with van der Waals surface area (Å²) in [6.07, 6.45) is 5.86. The molecule has 0 radical (unpaired) electrons. The second-order valence-electron chi connectivity index (χ2n) is 4.56. The van der Waals surface area contributed by atoms with E-state index >= 15 is 0 Å². The van der Waals surface area contributed by atoms with E-state index in [9.17, 15) is 9.59 Å². The van der Waals surface area contributed by atoms with E-state index in [0.717, 1.165) is 19.3 Å². The molecule has 0 aliphatic rings. The Hall–Kier alpha value is -1.84. The molecular weight excluding hydrogens is 242 g/mol. The van der Waals surface area contributed by atoms with Crippen molar-refractivity contribution in [2.45, 2.75) is 45.4 Å². The highest BCUT2D eigenvalue weighted by Gasteiger charge is 2.11. The molecule has 0 atom stereocenters. The molecule has 2 N–H and O–H groups in total. The molecule has 1 aromatic rings. The Morgan fingerprint density at radius 2 is 1.79 bits per heavy atom. The van der Waals surface area contributed by atoms with Gasteiger partial charge in [-0.25, -0.2) is 4.79 Å².